The van der Waals surface area contributed by atoms with Gasteiger partial charge in [0.15, 0.2) is 0 Å². The largest absolute Gasteiger partial charge is 0.462 e. The fourth-order valence-corrected chi connectivity index (χ4v) is 0.888. The molecule has 0 aliphatic heterocycles. The topological polar surface area (TPSA) is 52.6 Å². The number of ether oxygens (including phenoxy) is 2. The van der Waals surface area contributed by atoms with E-state index in [1.54, 1.807) is 20.8 Å². The van der Waals surface area contributed by atoms with Crippen molar-refractivity contribution in [1.29, 1.82) is 0 Å². The summed E-state index contributed by atoms with van der Waals surface area (Å²) >= 11 is 0. The van der Waals surface area contributed by atoms with Crippen molar-refractivity contribution in [2.45, 2.75) is 46.6 Å². The molecule has 0 saturated heterocycles. The zero-order chi connectivity index (χ0) is 11.8. The van der Waals surface area contributed by atoms with E-state index in [1.165, 1.54) is 0 Å². The number of carbonyl (C=O) groups is 2. The first-order valence-electron chi connectivity index (χ1n) is 5.33. The Hall–Kier alpha value is -1.06. The minimum absolute atomic E-state index is 0.131. The van der Waals surface area contributed by atoms with Crippen LogP contribution in [-0.4, -0.2) is 24.6 Å². The average Bonchev–Trinajstić information content (AvgIpc) is 2.14. The molecule has 0 saturated carbocycles. The SMILES string of the molecule is CCCC(=O)OC(C)COC(=O)C(C)C. The molecule has 0 aromatic heterocycles. The highest BCUT2D eigenvalue weighted by molar-refractivity contribution is 5.71. The maximum Gasteiger partial charge on any atom is 0.308 e. The lowest BCUT2D eigenvalue weighted by molar-refractivity contribution is -0.159. The van der Waals surface area contributed by atoms with Crippen molar-refractivity contribution in [2.75, 3.05) is 6.61 Å². The Kier molecular flexibility index (Phi) is 6.75. The Morgan fingerprint density at radius 3 is 2.27 bits per heavy atom. The lowest BCUT2D eigenvalue weighted by atomic mass is 10.2. The van der Waals surface area contributed by atoms with Gasteiger partial charge in [0.2, 0.25) is 0 Å². The van der Waals surface area contributed by atoms with Gasteiger partial charge in [-0.25, -0.2) is 0 Å². The number of hydrogen-bond donors (Lipinski definition) is 0. The molecule has 0 heterocycles. The summed E-state index contributed by atoms with van der Waals surface area (Å²) in [6, 6.07) is 0. The van der Waals surface area contributed by atoms with Crippen LogP contribution in [0.2, 0.25) is 0 Å². The molecule has 0 aliphatic carbocycles. The van der Waals surface area contributed by atoms with Gasteiger partial charge in [-0.1, -0.05) is 20.8 Å². The first-order chi connectivity index (χ1) is 6.97. The standard InChI is InChI=1S/C11H20O4/c1-5-6-10(12)15-9(4)7-14-11(13)8(2)3/h8-9H,5-7H2,1-4H3. The predicted molar refractivity (Wildman–Crippen MR) is 56.3 cm³/mol. The molecular weight excluding hydrogens is 196 g/mol. The van der Waals surface area contributed by atoms with Crippen LogP contribution in [-0.2, 0) is 19.1 Å². The molecule has 0 radical (unpaired) electrons. The van der Waals surface area contributed by atoms with Crippen molar-refractivity contribution in [3.8, 4) is 0 Å². The lowest BCUT2D eigenvalue weighted by Crippen LogP contribution is -2.23. The van der Waals surface area contributed by atoms with E-state index in [-0.39, 0.29) is 30.6 Å². The van der Waals surface area contributed by atoms with E-state index in [4.69, 9.17) is 9.47 Å². The maximum absolute atomic E-state index is 11.1. The van der Waals surface area contributed by atoms with Crippen molar-refractivity contribution < 1.29 is 19.1 Å². The van der Waals surface area contributed by atoms with E-state index in [0.717, 1.165) is 6.42 Å². The summed E-state index contributed by atoms with van der Waals surface area (Å²) < 4.78 is 9.93. The molecule has 4 nitrogen and oxygen atoms in total. The van der Waals surface area contributed by atoms with Crippen LogP contribution in [0.4, 0.5) is 0 Å². The van der Waals surface area contributed by atoms with Gasteiger partial charge in [0.1, 0.15) is 12.7 Å². The van der Waals surface area contributed by atoms with E-state index >= 15 is 0 Å². The lowest BCUT2D eigenvalue weighted by Gasteiger charge is -2.14. The van der Waals surface area contributed by atoms with Crippen LogP contribution in [0.5, 0.6) is 0 Å². The van der Waals surface area contributed by atoms with E-state index in [1.807, 2.05) is 6.92 Å². The molecular formula is C11H20O4. The maximum atomic E-state index is 11.1. The van der Waals surface area contributed by atoms with Crippen LogP contribution in [0.1, 0.15) is 40.5 Å². The fraction of sp³-hybridized carbons (Fsp3) is 0.818. The summed E-state index contributed by atoms with van der Waals surface area (Å²) in [6.45, 7) is 7.27. The van der Waals surface area contributed by atoms with Crippen molar-refractivity contribution in [3.63, 3.8) is 0 Å². The molecule has 0 aromatic carbocycles. The molecule has 0 N–H and O–H groups in total. The summed E-state index contributed by atoms with van der Waals surface area (Å²) in [5.41, 5.74) is 0. The zero-order valence-electron chi connectivity index (χ0n) is 9.91. The van der Waals surface area contributed by atoms with Gasteiger partial charge in [0.25, 0.3) is 0 Å². The van der Waals surface area contributed by atoms with Gasteiger partial charge in [-0.2, -0.15) is 0 Å². The van der Waals surface area contributed by atoms with Crippen molar-refractivity contribution in [2.24, 2.45) is 5.92 Å². The molecule has 0 aromatic rings. The van der Waals surface area contributed by atoms with Gasteiger partial charge in [-0.3, -0.25) is 9.59 Å². The molecule has 4 heteroatoms. The summed E-state index contributed by atoms with van der Waals surface area (Å²) in [5.74, 6) is -0.664. The highest BCUT2D eigenvalue weighted by Gasteiger charge is 2.13. The fourth-order valence-electron chi connectivity index (χ4n) is 0.888. The number of rotatable bonds is 6. The van der Waals surface area contributed by atoms with E-state index in [0.29, 0.717) is 6.42 Å². The quantitative estimate of drug-likeness (QED) is 0.636. The van der Waals surface area contributed by atoms with Crippen molar-refractivity contribution in [1.82, 2.24) is 0 Å². The second-order valence-electron chi connectivity index (χ2n) is 3.84. The number of carbonyl (C=O) groups excluding carboxylic acids is 2. The van der Waals surface area contributed by atoms with Gasteiger partial charge in [0, 0.05) is 6.42 Å². The van der Waals surface area contributed by atoms with Gasteiger partial charge >= 0.3 is 11.9 Å². The first-order valence-corrected chi connectivity index (χ1v) is 5.33. The Bertz CT molecular complexity index is 211. The van der Waals surface area contributed by atoms with Gasteiger partial charge in [-0.05, 0) is 13.3 Å². The highest BCUT2D eigenvalue weighted by atomic mass is 16.6. The third-order valence-corrected chi connectivity index (χ3v) is 1.72. The molecule has 15 heavy (non-hydrogen) atoms. The van der Waals surface area contributed by atoms with Crippen molar-refractivity contribution in [3.05, 3.63) is 0 Å². The second kappa shape index (κ2) is 7.26. The number of hydrogen-bond acceptors (Lipinski definition) is 4. The highest BCUT2D eigenvalue weighted by Crippen LogP contribution is 2.01. The van der Waals surface area contributed by atoms with Crippen LogP contribution >= 0.6 is 0 Å². The van der Waals surface area contributed by atoms with Crippen LogP contribution in [0.15, 0.2) is 0 Å². The molecule has 0 aliphatic rings. The smallest absolute Gasteiger partial charge is 0.308 e. The van der Waals surface area contributed by atoms with Gasteiger partial charge in [0.05, 0.1) is 5.92 Å². The molecule has 0 spiro atoms. The molecule has 1 unspecified atom stereocenters. The van der Waals surface area contributed by atoms with E-state index in [2.05, 4.69) is 0 Å². The summed E-state index contributed by atoms with van der Waals surface area (Å²) in [6.07, 6.45) is 0.798. The molecule has 0 amide bonds. The Labute approximate surface area is 90.9 Å². The predicted octanol–water partition coefficient (Wildman–Crippen LogP) is 1.92. The molecule has 0 fully saturated rings. The first kappa shape index (κ1) is 13.9. The average molecular weight is 216 g/mol. The van der Waals surface area contributed by atoms with Crippen LogP contribution in [0.3, 0.4) is 0 Å². The van der Waals surface area contributed by atoms with Crippen LogP contribution in [0, 0.1) is 5.92 Å². The molecule has 0 bridgehead atoms. The Morgan fingerprint density at radius 1 is 1.20 bits per heavy atom. The summed E-state index contributed by atoms with van der Waals surface area (Å²) in [7, 11) is 0. The molecule has 1 atom stereocenters. The Balaban J connectivity index is 3.70. The second-order valence-corrected chi connectivity index (χ2v) is 3.84. The van der Waals surface area contributed by atoms with E-state index in [9.17, 15) is 9.59 Å². The monoisotopic (exact) mass is 216 g/mol. The molecule has 0 rings (SSSR count). The minimum Gasteiger partial charge on any atom is -0.462 e. The van der Waals surface area contributed by atoms with Crippen molar-refractivity contribution >= 4 is 11.9 Å². The minimum atomic E-state index is -0.369. The van der Waals surface area contributed by atoms with Gasteiger partial charge in [-0.15, -0.1) is 0 Å². The Morgan fingerprint density at radius 2 is 1.80 bits per heavy atom. The normalized spacial score (nSPS) is 12.3. The molecule has 88 valence electrons. The third kappa shape index (κ3) is 6.94. The third-order valence-electron chi connectivity index (χ3n) is 1.72. The number of esters is 2. The zero-order valence-corrected chi connectivity index (χ0v) is 9.91. The van der Waals surface area contributed by atoms with E-state index < -0.39 is 0 Å². The van der Waals surface area contributed by atoms with Gasteiger partial charge < -0.3 is 9.47 Å². The van der Waals surface area contributed by atoms with Crippen LogP contribution in [0.25, 0.3) is 0 Å². The summed E-state index contributed by atoms with van der Waals surface area (Å²) in [4.78, 5) is 22.2. The summed E-state index contributed by atoms with van der Waals surface area (Å²) in [5, 5.41) is 0. The van der Waals surface area contributed by atoms with Crippen LogP contribution < -0.4 is 0 Å².